The molecule has 0 aliphatic heterocycles. The zero-order valence-corrected chi connectivity index (χ0v) is 15.2. The third kappa shape index (κ3) is 3.85. The summed E-state index contributed by atoms with van der Waals surface area (Å²) in [5, 5.41) is 9.75. The van der Waals surface area contributed by atoms with Gasteiger partial charge in [0.2, 0.25) is 0 Å². The smallest absolute Gasteiger partial charge is 0.325 e. The van der Waals surface area contributed by atoms with Gasteiger partial charge >= 0.3 is 5.97 Å². The summed E-state index contributed by atoms with van der Waals surface area (Å²) in [6.45, 7) is 0.238. The molecule has 1 atom stereocenters. The molecule has 2 aromatic carbocycles. The number of nitrogens with one attached hydrogen (secondary N) is 1. The van der Waals surface area contributed by atoms with Crippen molar-refractivity contribution in [3.05, 3.63) is 53.6 Å². The van der Waals surface area contributed by atoms with E-state index in [1.807, 2.05) is 0 Å². The first-order chi connectivity index (χ1) is 12.9. The van der Waals surface area contributed by atoms with Crippen LogP contribution in [0.1, 0.15) is 17.4 Å². The molecule has 3 aromatic rings. The Morgan fingerprint density at radius 1 is 1.22 bits per heavy atom. The normalized spacial score (nSPS) is 12.3. The van der Waals surface area contributed by atoms with E-state index in [9.17, 15) is 14.3 Å². The SMILES string of the molecule is COc1ccc(C(C(=O)O)N(C)Cc2nc3ccc(F)cc3[nH]2)cc1OC. The molecular weight excluding hydrogens is 353 g/mol. The highest BCUT2D eigenvalue weighted by Crippen LogP contribution is 2.32. The third-order valence-electron chi connectivity index (χ3n) is 4.29. The minimum Gasteiger partial charge on any atom is -0.493 e. The summed E-state index contributed by atoms with van der Waals surface area (Å²) < 4.78 is 23.8. The van der Waals surface area contributed by atoms with Gasteiger partial charge in [-0.25, -0.2) is 9.37 Å². The van der Waals surface area contributed by atoms with Gasteiger partial charge < -0.3 is 19.6 Å². The fraction of sp³-hybridized carbons (Fsp3) is 0.263. The van der Waals surface area contributed by atoms with Gasteiger partial charge in [-0.05, 0) is 42.9 Å². The van der Waals surface area contributed by atoms with E-state index >= 15 is 0 Å². The summed E-state index contributed by atoms with van der Waals surface area (Å²) in [7, 11) is 4.70. The number of aromatic amines is 1. The van der Waals surface area contributed by atoms with E-state index in [4.69, 9.17) is 9.47 Å². The number of imidazole rings is 1. The molecule has 27 heavy (non-hydrogen) atoms. The Bertz CT molecular complexity index is 973. The van der Waals surface area contributed by atoms with Gasteiger partial charge in [0.25, 0.3) is 0 Å². The lowest BCUT2D eigenvalue weighted by atomic mass is 10.0. The Morgan fingerprint density at radius 2 is 1.96 bits per heavy atom. The Balaban J connectivity index is 1.88. The molecule has 2 N–H and O–H groups in total. The highest BCUT2D eigenvalue weighted by atomic mass is 19.1. The number of benzene rings is 2. The molecule has 0 fully saturated rings. The van der Waals surface area contributed by atoms with Crippen LogP contribution in [0.15, 0.2) is 36.4 Å². The van der Waals surface area contributed by atoms with Crippen LogP contribution in [0.25, 0.3) is 11.0 Å². The molecule has 8 heteroatoms. The minimum atomic E-state index is -1.01. The summed E-state index contributed by atoms with van der Waals surface area (Å²) in [6, 6.07) is 8.34. The van der Waals surface area contributed by atoms with Gasteiger partial charge in [0.15, 0.2) is 11.5 Å². The van der Waals surface area contributed by atoms with Crippen LogP contribution in [0.3, 0.4) is 0 Å². The summed E-state index contributed by atoms with van der Waals surface area (Å²) >= 11 is 0. The number of methoxy groups -OCH3 is 2. The number of carbonyl (C=O) groups is 1. The zero-order valence-electron chi connectivity index (χ0n) is 15.2. The summed E-state index contributed by atoms with van der Waals surface area (Å²) in [6.07, 6.45) is 0. The fourth-order valence-corrected chi connectivity index (χ4v) is 3.05. The number of ether oxygens (including phenoxy) is 2. The van der Waals surface area contributed by atoms with Crippen molar-refractivity contribution in [1.82, 2.24) is 14.9 Å². The second kappa shape index (κ2) is 7.63. The number of H-pyrrole nitrogens is 1. The van der Waals surface area contributed by atoms with Gasteiger partial charge in [0.1, 0.15) is 17.7 Å². The van der Waals surface area contributed by atoms with E-state index in [0.29, 0.717) is 33.9 Å². The lowest BCUT2D eigenvalue weighted by Crippen LogP contribution is -2.30. The van der Waals surface area contributed by atoms with Gasteiger partial charge in [0, 0.05) is 0 Å². The lowest BCUT2D eigenvalue weighted by Gasteiger charge is -2.24. The number of fused-ring (bicyclic) bond motifs is 1. The number of likely N-dealkylation sites (N-methyl/N-ethyl adjacent to an activating group) is 1. The number of nitrogens with zero attached hydrogens (tertiary/aromatic N) is 2. The molecule has 0 radical (unpaired) electrons. The van der Waals surface area contributed by atoms with Crippen molar-refractivity contribution in [3.8, 4) is 11.5 Å². The number of carboxylic acid groups (broad SMARTS) is 1. The van der Waals surface area contributed by atoms with Crippen LogP contribution in [0.4, 0.5) is 4.39 Å². The van der Waals surface area contributed by atoms with E-state index in [2.05, 4.69) is 9.97 Å². The molecule has 142 valence electrons. The van der Waals surface area contributed by atoms with Crippen LogP contribution in [0.5, 0.6) is 11.5 Å². The standard InChI is InChI=1S/C19H20FN3O4/c1-23(10-17-21-13-6-5-12(20)9-14(13)22-17)18(19(24)25)11-4-7-15(26-2)16(8-11)27-3/h4-9,18H,10H2,1-3H3,(H,21,22)(H,24,25). The predicted molar refractivity (Wildman–Crippen MR) is 97.4 cm³/mol. The van der Waals surface area contributed by atoms with E-state index < -0.39 is 12.0 Å². The van der Waals surface area contributed by atoms with Crippen LogP contribution in [-0.4, -0.2) is 47.2 Å². The molecule has 0 saturated carbocycles. The second-order valence-electron chi connectivity index (χ2n) is 6.12. The van der Waals surface area contributed by atoms with Crippen molar-refractivity contribution in [2.24, 2.45) is 0 Å². The second-order valence-corrected chi connectivity index (χ2v) is 6.12. The van der Waals surface area contributed by atoms with Gasteiger partial charge in [0.05, 0.1) is 31.8 Å². The molecule has 0 bridgehead atoms. The maximum Gasteiger partial charge on any atom is 0.325 e. The Kier molecular flexibility index (Phi) is 5.27. The molecule has 1 heterocycles. The number of aromatic nitrogens is 2. The molecule has 0 saturated heterocycles. The topological polar surface area (TPSA) is 87.7 Å². The van der Waals surface area contributed by atoms with Gasteiger partial charge in [-0.15, -0.1) is 0 Å². The number of carboxylic acids is 1. The number of hydrogen-bond donors (Lipinski definition) is 2. The van der Waals surface area contributed by atoms with Crippen molar-refractivity contribution in [2.45, 2.75) is 12.6 Å². The molecule has 7 nitrogen and oxygen atoms in total. The first kappa shape index (κ1) is 18.7. The van der Waals surface area contributed by atoms with Crippen molar-refractivity contribution in [2.75, 3.05) is 21.3 Å². The Labute approximate surface area is 155 Å². The third-order valence-corrected chi connectivity index (χ3v) is 4.29. The highest BCUT2D eigenvalue weighted by Gasteiger charge is 2.26. The average Bonchev–Trinajstić information content (AvgIpc) is 3.02. The predicted octanol–water partition coefficient (Wildman–Crippen LogP) is 2.98. The first-order valence-electron chi connectivity index (χ1n) is 8.22. The lowest BCUT2D eigenvalue weighted by molar-refractivity contribution is -0.143. The van der Waals surface area contributed by atoms with Crippen LogP contribution < -0.4 is 9.47 Å². The van der Waals surface area contributed by atoms with Crippen molar-refractivity contribution in [1.29, 1.82) is 0 Å². The number of hydrogen-bond acceptors (Lipinski definition) is 5. The Hall–Kier alpha value is -3.13. The first-order valence-corrected chi connectivity index (χ1v) is 8.22. The minimum absolute atomic E-state index is 0.238. The van der Waals surface area contributed by atoms with E-state index in [1.54, 1.807) is 36.2 Å². The molecule has 1 aromatic heterocycles. The zero-order chi connectivity index (χ0) is 19.6. The molecule has 0 amide bonds. The quantitative estimate of drug-likeness (QED) is 0.662. The number of rotatable bonds is 7. The fourth-order valence-electron chi connectivity index (χ4n) is 3.05. The molecule has 0 aliphatic rings. The maximum absolute atomic E-state index is 13.3. The van der Waals surface area contributed by atoms with Crippen LogP contribution in [0, 0.1) is 5.82 Å². The van der Waals surface area contributed by atoms with E-state index in [0.717, 1.165) is 0 Å². The molecule has 3 rings (SSSR count). The highest BCUT2D eigenvalue weighted by molar-refractivity contribution is 5.76. The number of halogens is 1. The summed E-state index contributed by atoms with van der Waals surface area (Å²) in [4.78, 5) is 21.0. The molecule has 0 aliphatic carbocycles. The average molecular weight is 373 g/mol. The molecular formula is C19H20FN3O4. The van der Waals surface area contributed by atoms with Crippen LogP contribution in [0.2, 0.25) is 0 Å². The molecule has 1 unspecified atom stereocenters. The van der Waals surface area contributed by atoms with E-state index in [1.165, 1.54) is 26.4 Å². The van der Waals surface area contributed by atoms with Gasteiger partial charge in [-0.2, -0.15) is 0 Å². The largest absolute Gasteiger partial charge is 0.493 e. The summed E-state index contributed by atoms with van der Waals surface area (Å²) in [5.74, 6) is 0.151. The van der Waals surface area contributed by atoms with Gasteiger partial charge in [-0.1, -0.05) is 6.07 Å². The number of aliphatic carboxylic acids is 1. The maximum atomic E-state index is 13.3. The van der Waals surface area contributed by atoms with Crippen LogP contribution >= 0.6 is 0 Å². The summed E-state index contributed by atoms with van der Waals surface area (Å²) in [5.41, 5.74) is 1.74. The van der Waals surface area contributed by atoms with Crippen LogP contribution in [-0.2, 0) is 11.3 Å². The van der Waals surface area contributed by atoms with Crippen molar-refractivity contribution in [3.63, 3.8) is 0 Å². The van der Waals surface area contributed by atoms with Gasteiger partial charge in [-0.3, -0.25) is 9.69 Å². The molecule has 0 spiro atoms. The van der Waals surface area contributed by atoms with E-state index in [-0.39, 0.29) is 12.4 Å². The van der Waals surface area contributed by atoms with Crippen molar-refractivity contribution < 1.29 is 23.8 Å². The van der Waals surface area contributed by atoms with Crippen molar-refractivity contribution >= 4 is 17.0 Å². The Morgan fingerprint density at radius 3 is 2.63 bits per heavy atom. The monoisotopic (exact) mass is 373 g/mol.